The van der Waals surface area contributed by atoms with Crippen LogP contribution in [-0.4, -0.2) is 28.9 Å². The summed E-state index contributed by atoms with van der Waals surface area (Å²) in [4.78, 5) is 27.7. The van der Waals surface area contributed by atoms with Crippen molar-refractivity contribution in [2.45, 2.75) is 32.9 Å². The monoisotopic (exact) mass is 299 g/mol. The van der Waals surface area contributed by atoms with Gasteiger partial charge in [0.05, 0.1) is 5.02 Å². The van der Waals surface area contributed by atoms with E-state index in [-0.39, 0.29) is 22.7 Å². The molecule has 110 valence electrons. The van der Waals surface area contributed by atoms with Crippen LogP contribution in [0.3, 0.4) is 0 Å². The van der Waals surface area contributed by atoms with Gasteiger partial charge in [0.15, 0.2) is 0 Å². The third-order valence-corrected chi connectivity index (χ3v) is 2.69. The van der Waals surface area contributed by atoms with Crippen LogP contribution >= 0.6 is 11.6 Å². The minimum absolute atomic E-state index is 0.00585. The average Bonchev–Trinajstić information content (AvgIpc) is 2.38. The number of hydrogen-bond donors (Lipinski definition) is 4. The standard InChI is InChI=1S/C12H18ClN5O2/c1-6(2)15-11(19)7(3)16-12(20)10-8(13)4-5-9(17-10)18-14/h4-7H,14H2,1-3H3,(H,15,19)(H,16,20)(H,17,18). The van der Waals surface area contributed by atoms with Crippen molar-refractivity contribution in [2.75, 3.05) is 5.43 Å². The number of nitrogens with zero attached hydrogens (tertiary/aromatic N) is 1. The van der Waals surface area contributed by atoms with Crippen LogP contribution in [0.15, 0.2) is 12.1 Å². The maximum atomic E-state index is 12.0. The van der Waals surface area contributed by atoms with Crippen molar-refractivity contribution >= 4 is 29.2 Å². The Balaban J connectivity index is 2.78. The van der Waals surface area contributed by atoms with E-state index in [0.29, 0.717) is 5.82 Å². The number of amides is 2. The number of nitrogens with one attached hydrogen (secondary N) is 3. The number of nitrogen functional groups attached to an aromatic ring is 1. The largest absolute Gasteiger partial charge is 0.352 e. The Labute approximate surface area is 122 Å². The summed E-state index contributed by atoms with van der Waals surface area (Å²) < 4.78 is 0. The second kappa shape index (κ2) is 7.06. The molecule has 0 aromatic carbocycles. The van der Waals surface area contributed by atoms with Crippen LogP contribution in [0.25, 0.3) is 0 Å². The second-order valence-corrected chi connectivity index (χ2v) is 4.94. The fraction of sp³-hybridized carbons (Fsp3) is 0.417. The Hall–Kier alpha value is -1.86. The summed E-state index contributed by atoms with van der Waals surface area (Å²) in [6, 6.07) is 2.33. The molecule has 0 saturated heterocycles. The van der Waals surface area contributed by atoms with E-state index >= 15 is 0 Å². The average molecular weight is 300 g/mol. The lowest BCUT2D eigenvalue weighted by atomic mass is 10.2. The molecule has 0 aliphatic carbocycles. The van der Waals surface area contributed by atoms with Gasteiger partial charge in [-0.3, -0.25) is 9.59 Å². The Morgan fingerprint density at radius 2 is 1.90 bits per heavy atom. The molecule has 20 heavy (non-hydrogen) atoms. The number of halogens is 1. The molecule has 1 heterocycles. The van der Waals surface area contributed by atoms with Crippen molar-refractivity contribution in [3.8, 4) is 0 Å². The van der Waals surface area contributed by atoms with E-state index in [9.17, 15) is 9.59 Å². The van der Waals surface area contributed by atoms with Crippen molar-refractivity contribution in [1.29, 1.82) is 0 Å². The van der Waals surface area contributed by atoms with Crippen LogP contribution in [0.4, 0.5) is 5.82 Å². The molecule has 1 atom stereocenters. The number of hydrogen-bond acceptors (Lipinski definition) is 5. The van der Waals surface area contributed by atoms with E-state index < -0.39 is 11.9 Å². The van der Waals surface area contributed by atoms with Crippen molar-refractivity contribution in [3.63, 3.8) is 0 Å². The molecule has 8 heteroatoms. The molecule has 2 amide bonds. The topological polar surface area (TPSA) is 109 Å². The van der Waals surface area contributed by atoms with E-state index in [4.69, 9.17) is 17.4 Å². The molecule has 0 bridgehead atoms. The summed E-state index contributed by atoms with van der Waals surface area (Å²) in [5, 5.41) is 5.40. The molecule has 1 rings (SSSR count). The van der Waals surface area contributed by atoms with Gasteiger partial charge in [-0.1, -0.05) is 11.6 Å². The SMILES string of the molecule is CC(C)NC(=O)C(C)NC(=O)c1nc(NN)ccc1Cl. The summed E-state index contributed by atoms with van der Waals surface area (Å²) in [6.07, 6.45) is 0. The predicted octanol–water partition coefficient (Wildman–Crippen LogP) is 0.663. The van der Waals surface area contributed by atoms with Gasteiger partial charge in [0.25, 0.3) is 5.91 Å². The van der Waals surface area contributed by atoms with Gasteiger partial charge < -0.3 is 16.1 Å². The smallest absolute Gasteiger partial charge is 0.272 e. The van der Waals surface area contributed by atoms with Crippen LogP contribution in [0.1, 0.15) is 31.3 Å². The molecule has 5 N–H and O–H groups in total. The third-order valence-electron chi connectivity index (χ3n) is 2.38. The molecule has 0 radical (unpaired) electrons. The molecular weight excluding hydrogens is 282 g/mol. The van der Waals surface area contributed by atoms with Gasteiger partial charge in [0, 0.05) is 6.04 Å². The lowest BCUT2D eigenvalue weighted by molar-refractivity contribution is -0.123. The number of aromatic nitrogens is 1. The molecule has 0 aliphatic heterocycles. The van der Waals surface area contributed by atoms with Crippen molar-refractivity contribution < 1.29 is 9.59 Å². The predicted molar refractivity (Wildman–Crippen MR) is 77.3 cm³/mol. The van der Waals surface area contributed by atoms with Crippen molar-refractivity contribution in [3.05, 3.63) is 22.8 Å². The lowest BCUT2D eigenvalue weighted by Crippen LogP contribution is -2.47. The van der Waals surface area contributed by atoms with E-state index in [0.717, 1.165) is 0 Å². The van der Waals surface area contributed by atoms with Gasteiger partial charge in [-0.05, 0) is 32.9 Å². The Kier molecular flexibility index (Phi) is 5.72. The zero-order chi connectivity index (χ0) is 15.3. The summed E-state index contributed by atoms with van der Waals surface area (Å²) in [6.45, 7) is 5.25. The quantitative estimate of drug-likeness (QED) is 0.472. The Morgan fingerprint density at radius 1 is 1.25 bits per heavy atom. The highest BCUT2D eigenvalue weighted by atomic mass is 35.5. The molecule has 0 spiro atoms. The maximum Gasteiger partial charge on any atom is 0.272 e. The van der Waals surface area contributed by atoms with Gasteiger partial charge in [0.1, 0.15) is 17.6 Å². The molecular formula is C12H18ClN5O2. The van der Waals surface area contributed by atoms with Crippen molar-refractivity contribution in [2.24, 2.45) is 5.84 Å². The summed E-state index contributed by atoms with van der Waals surface area (Å²) in [5.41, 5.74) is 2.33. The fourth-order valence-electron chi connectivity index (χ4n) is 1.42. The molecule has 1 unspecified atom stereocenters. The third kappa shape index (κ3) is 4.36. The van der Waals surface area contributed by atoms with Crippen molar-refractivity contribution in [1.82, 2.24) is 15.6 Å². The number of carbonyl (C=O) groups is 2. The minimum Gasteiger partial charge on any atom is -0.352 e. The number of hydrazine groups is 1. The highest BCUT2D eigenvalue weighted by Gasteiger charge is 2.20. The number of pyridine rings is 1. The highest BCUT2D eigenvalue weighted by molar-refractivity contribution is 6.33. The number of rotatable bonds is 5. The van der Waals surface area contributed by atoms with E-state index in [1.165, 1.54) is 12.1 Å². The zero-order valence-electron chi connectivity index (χ0n) is 11.5. The maximum absolute atomic E-state index is 12.0. The molecule has 0 aliphatic rings. The lowest BCUT2D eigenvalue weighted by Gasteiger charge is -2.16. The summed E-state index contributed by atoms with van der Waals surface area (Å²) in [5.74, 6) is 4.70. The second-order valence-electron chi connectivity index (χ2n) is 4.53. The van der Waals surface area contributed by atoms with Gasteiger partial charge in [-0.25, -0.2) is 10.8 Å². The van der Waals surface area contributed by atoms with E-state index in [2.05, 4.69) is 21.0 Å². The highest BCUT2D eigenvalue weighted by Crippen LogP contribution is 2.16. The number of anilines is 1. The summed E-state index contributed by atoms with van der Waals surface area (Å²) in [7, 11) is 0. The molecule has 1 aromatic rings. The Bertz CT molecular complexity index is 507. The molecule has 7 nitrogen and oxygen atoms in total. The number of carbonyl (C=O) groups excluding carboxylic acids is 2. The summed E-state index contributed by atoms with van der Waals surface area (Å²) >= 11 is 5.90. The zero-order valence-corrected chi connectivity index (χ0v) is 12.3. The van der Waals surface area contributed by atoms with Gasteiger partial charge in [-0.15, -0.1) is 0 Å². The van der Waals surface area contributed by atoms with Crippen LogP contribution in [0.5, 0.6) is 0 Å². The van der Waals surface area contributed by atoms with Gasteiger partial charge >= 0.3 is 0 Å². The van der Waals surface area contributed by atoms with Gasteiger partial charge in [0.2, 0.25) is 5.91 Å². The molecule has 0 fully saturated rings. The minimum atomic E-state index is -0.697. The molecule has 1 aromatic heterocycles. The van der Waals surface area contributed by atoms with E-state index in [1.807, 2.05) is 13.8 Å². The van der Waals surface area contributed by atoms with Crippen LogP contribution in [0, 0.1) is 0 Å². The number of nitrogens with two attached hydrogens (primary N) is 1. The first-order valence-electron chi connectivity index (χ1n) is 6.09. The normalized spacial score (nSPS) is 11.9. The van der Waals surface area contributed by atoms with Crippen LogP contribution < -0.4 is 21.9 Å². The first kappa shape index (κ1) is 16.2. The van der Waals surface area contributed by atoms with E-state index in [1.54, 1.807) is 6.92 Å². The first-order chi connectivity index (χ1) is 9.35. The Morgan fingerprint density at radius 3 is 2.45 bits per heavy atom. The first-order valence-corrected chi connectivity index (χ1v) is 6.47. The fourth-order valence-corrected chi connectivity index (χ4v) is 1.61. The van der Waals surface area contributed by atoms with Crippen LogP contribution in [-0.2, 0) is 4.79 Å². The molecule has 0 saturated carbocycles. The van der Waals surface area contributed by atoms with Gasteiger partial charge in [-0.2, -0.15) is 0 Å². The van der Waals surface area contributed by atoms with Crippen LogP contribution in [0.2, 0.25) is 5.02 Å².